The number of nitrogens with two attached hydrogens (primary N) is 1. The van der Waals surface area contributed by atoms with Gasteiger partial charge >= 0.3 is 0 Å². The summed E-state index contributed by atoms with van der Waals surface area (Å²) >= 11 is 0. The van der Waals surface area contributed by atoms with E-state index in [-0.39, 0.29) is 6.04 Å². The van der Waals surface area contributed by atoms with Crippen LogP contribution in [-0.2, 0) is 0 Å². The second kappa shape index (κ2) is 4.78. The van der Waals surface area contributed by atoms with Crippen molar-refractivity contribution in [1.29, 1.82) is 0 Å². The van der Waals surface area contributed by atoms with Gasteiger partial charge in [0.05, 0.1) is 17.9 Å². The highest BCUT2D eigenvalue weighted by Crippen LogP contribution is 2.18. The zero-order valence-electron chi connectivity index (χ0n) is 8.47. The Kier molecular flexibility index (Phi) is 3.19. The summed E-state index contributed by atoms with van der Waals surface area (Å²) in [6.07, 6.45) is 4.37. The fourth-order valence-electron chi connectivity index (χ4n) is 1.49. The average molecular weight is 218 g/mol. The molecule has 0 saturated carbocycles. The number of hydrogen-bond donors (Lipinski definition) is 2. The molecule has 16 heavy (non-hydrogen) atoms. The quantitative estimate of drug-likeness (QED) is 0.599. The lowest BCUT2D eigenvalue weighted by molar-refractivity contribution is 0.591. The van der Waals surface area contributed by atoms with E-state index in [1.54, 1.807) is 18.5 Å². The van der Waals surface area contributed by atoms with Crippen molar-refractivity contribution in [2.75, 3.05) is 0 Å². The largest absolute Gasteiger partial charge is 0.271 e. The Morgan fingerprint density at radius 2 is 2.19 bits per heavy atom. The van der Waals surface area contributed by atoms with Crippen LogP contribution in [0.4, 0.5) is 4.39 Å². The summed E-state index contributed by atoms with van der Waals surface area (Å²) in [7, 11) is 0. The lowest BCUT2D eigenvalue weighted by Crippen LogP contribution is -2.29. The molecular formula is C11H11FN4. The van der Waals surface area contributed by atoms with E-state index in [1.807, 2.05) is 12.1 Å². The molecule has 0 radical (unpaired) electrons. The maximum atomic E-state index is 13.0. The summed E-state index contributed by atoms with van der Waals surface area (Å²) in [4.78, 5) is 7.94. The number of aromatic nitrogens is 2. The predicted octanol–water partition coefficient (Wildman–Crippen LogP) is 1.17. The molecule has 0 spiro atoms. The SMILES string of the molecule is NNC(c1cncc(F)c1)c1ccccn1. The van der Waals surface area contributed by atoms with E-state index >= 15 is 0 Å². The van der Waals surface area contributed by atoms with E-state index in [0.717, 1.165) is 11.9 Å². The minimum absolute atomic E-state index is 0.357. The molecule has 2 aromatic rings. The number of nitrogens with zero attached hydrogens (tertiary/aromatic N) is 2. The third kappa shape index (κ3) is 2.21. The van der Waals surface area contributed by atoms with Gasteiger partial charge in [0.15, 0.2) is 0 Å². The normalized spacial score (nSPS) is 12.4. The molecule has 2 heterocycles. The van der Waals surface area contributed by atoms with Crippen molar-refractivity contribution in [2.45, 2.75) is 6.04 Å². The van der Waals surface area contributed by atoms with Crippen molar-refractivity contribution in [3.63, 3.8) is 0 Å². The van der Waals surface area contributed by atoms with E-state index in [1.165, 1.54) is 6.07 Å². The molecule has 2 aromatic heterocycles. The van der Waals surface area contributed by atoms with Crippen LogP contribution in [0, 0.1) is 5.82 Å². The topological polar surface area (TPSA) is 63.8 Å². The first-order chi connectivity index (χ1) is 7.81. The lowest BCUT2D eigenvalue weighted by atomic mass is 10.1. The van der Waals surface area contributed by atoms with E-state index in [2.05, 4.69) is 15.4 Å². The molecule has 1 unspecified atom stereocenters. The van der Waals surface area contributed by atoms with Crippen molar-refractivity contribution in [3.8, 4) is 0 Å². The molecule has 82 valence electrons. The van der Waals surface area contributed by atoms with E-state index in [9.17, 15) is 4.39 Å². The minimum atomic E-state index is -0.395. The Balaban J connectivity index is 2.37. The van der Waals surface area contributed by atoms with Crippen LogP contribution in [0.25, 0.3) is 0 Å². The fraction of sp³-hybridized carbons (Fsp3) is 0.0909. The molecular weight excluding hydrogens is 207 g/mol. The monoisotopic (exact) mass is 218 g/mol. The van der Waals surface area contributed by atoms with Crippen LogP contribution >= 0.6 is 0 Å². The summed E-state index contributed by atoms with van der Waals surface area (Å²) in [6.45, 7) is 0. The number of pyridine rings is 2. The van der Waals surface area contributed by atoms with Gasteiger partial charge in [-0.25, -0.2) is 9.82 Å². The highest BCUT2D eigenvalue weighted by Gasteiger charge is 2.14. The summed E-state index contributed by atoms with van der Waals surface area (Å²) in [5.74, 6) is 5.05. The number of hydrogen-bond acceptors (Lipinski definition) is 4. The molecule has 2 rings (SSSR count). The maximum Gasteiger partial charge on any atom is 0.141 e. The first-order valence-corrected chi connectivity index (χ1v) is 4.79. The van der Waals surface area contributed by atoms with Gasteiger partial charge in [-0.15, -0.1) is 0 Å². The maximum absolute atomic E-state index is 13.0. The van der Waals surface area contributed by atoms with Crippen LogP contribution in [0.2, 0.25) is 0 Å². The zero-order chi connectivity index (χ0) is 11.4. The minimum Gasteiger partial charge on any atom is -0.271 e. The number of nitrogens with one attached hydrogen (secondary N) is 1. The van der Waals surface area contributed by atoms with Crippen LogP contribution in [0.3, 0.4) is 0 Å². The van der Waals surface area contributed by atoms with Gasteiger partial charge in [0, 0.05) is 12.4 Å². The second-order valence-corrected chi connectivity index (χ2v) is 3.29. The van der Waals surface area contributed by atoms with Gasteiger partial charge in [-0.2, -0.15) is 0 Å². The third-order valence-corrected chi connectivity index (χ3v) is 2.21. The molecule has 5 heteroatoms. The van der Waals surface area contributed by atoms with Crippen molar-refractivity contribution in [1.82, 2.24) is 15.4 Å². The van der Waals surface area contributed by atoms with Crippen LogP contribution in [-0.4, -0.2) is 9.97 Å². The van der Waals surface area contributed by atoms with Crippen molar-refractivity contribution in [3.05, 3.63) is 59.9 Å². The van der Waals surface area contributed by atoms with Gasteiger partial charge in [-0.3, -0.25) is 15.8 Å². The van der Waals surface area contributed by atoms with Crippen molar-refractivity contribution < 1.29 is 4.39 Å². The fourth-order valence-corrected chi connectivity index (χ4v) is 1.49. The Morgan fingerprint density at radius 3 is 2.81 bits per heavy atom. The Labute approximate surface area is 92.3 Å². The first-order valence-electron chi connectivity index (χ1n) is 4.79. The Morgan fingerprint density at radius 1 is 1.31 bits per heavy atom. The highest BCUT2D eigenvalue weighted by atomic mass is 19.1. The molecule has 0 aromatic carbocycles. The molecule has 1 atom stereocenters. The van der Waals surface area contributed by atoms with Crippen LogP contribution < -0.4 is 11.3 Å². The molecule has 0 aliphatic carbocycles. The lowest BCUT2D eigenvalue weighted by Gasteiger charge is -2.14. The number of hydrazine groups is 1. The smallest absolute Gasteiger partial charge is 0.141 e. The number of halogens is 1. The van der Waals surface area contributed by atoms with Crippen LogP contribution in [0.5, 0.6) is 0 Å². The van der Waals surface area contributed by atoms with Gasteiger partial charge in [0.25, 0.3) is 0 Å². The first kappa shape index (κ1) is 10.7. The van der Waals surface area contributed by atoms with E-state index in [0.29, 0.717) is 5.56 Å². The predicted molar refractivity (Wildman–Crippen MR) is 57.6 cm³/mol. The molecule has 0 fully saturated rings. The zero-order valence-corrected chi connectivity index (χ0v) is 8.47. The summed E-state index contributed by atoms with van der Waals surface area (Å²) < 4.78 is 13.0. The standard InChI is InChI=1S/C11H11FN4/c12-9-5-8(6-14-7-9)11(16-13)10-3-1-2-4-15-10/h1-7,11,16H,13H2. The van der Waals surface area contributed by atoms with Crippen molar-refractivity contribution in [2.24, 2.45) is 5.84 Å². The molecule has 4 nitrogen and oxygen atoms in total. The Bertz CT molecular complexity index is 461. The summed E-state index contributed by atoms with van der Waals surface area (Å²) in [5.41, 5.74) is 3.95. The molecule has 0 amide bonds. The molecule has 0 bridgehead atoms. The average Bonchev–Trinajstić information content (AvgIpc) is 2.31. The molecule has 0 aliphatic heterocycles. The molecule has 3 N–H and O–H groups in total. The number of rotatable bonds is 3. The summed E-state index contributed by atoms with van der Waals surface area (Å²) in [5, 5.41) is 0. The molecule has 0 aliphatic rings. The highest BCUT2D eigenvalue weighted by molar-refractivity contribution is 5.25. The Hall–Kier alpha value is -1.85. The van der Waals surface area contributed by atoms with Gasteiger partial charge in [0.2, 0.25) is 0 Å². The summed E-state index contributed by atoms with van der Waals surface area (Å²) in [6, 6.07) is 6.49. The van der Waals surface area contributed by atoms with Gasteiger partial charge in [-0.05, 0) is 23.8 Å². The molecule has 0 saturated heterocycles. The van der Waals surface area contributed by atoms with E-state index in [4.69, 9.17) is 5.84 Å². The van der Waals surface area contributed by atoms with Gasteiger partial charge in [-0.1, -0.05) is 6.07 Å². The van der Waals surface area contributed by atoms with E-state index < -0.39 is 5.82 Å². The van der Waals surface area contributed by atoms with Gasteiger partial charge in [0.1, 0.15) is 5.82 Å². The van der Waals surface area contributed by atoms with Crippen molar-refractivity contribution >= 4 is 0 Å². The second-order valence-electron chi connectivity index (χ2n) is 3.29. The van der Waals surface area contributed by atoms with Crippen LogP contribution in [0.15, 0.2) is 42.9 Å². The van der Waals surface area contributed by atoms with Crippen LogP contribution in [0.1, 0.15) is 17.3 Å². The van der Waals surface area contributed by atoms with Gasteiger partial charge < -0.3 is 0 Å². The third-order valence-electron chi connectivity index (χ3n) is 2.21.